The fourth-order valence-electron chi connectivity index (χ4n) is 5.05. The van der Waals surface area contributed by atoms with Crippen molar-refractivity contribution in [3.05, 3.63) is 65.7 Å². The lowest BCUT2D eigenvalue weighted by atomic mass is 9.69. The van der Waals surface area contributed by atoms with Gasteiger partial charge in [0, 0.05) is 34.4 Å². The third-order valence-corrected chi connectivity index (χ3v) is 8.98. The van der Waals surface area contributed by atoms with Crippen molar-refractivity contribution < 1.29 is 21.6 Å². The third-order valence-electron chi connectivity index (χ3n) is 6.61. The molecule has 194 valence electrons. The number of anilines is 2. The number of amides is 1. The van der Waals surface area contributed by atoms with Gasteiger partial charge in [-0.1, -0.05) is 18.2 Å². The Morgan fingerprint density at radius 1 is 1.03 bits per heavy atom. The maximum atomic E-state index is 13.8. The van der Waals surface area contributed by atoms with E-state index in [0.717, 1.165) is 37.5 Å². The Bertz CT molecular complexity index is 1430. The van der Waals surface area contributed by atoms with E-state index in [9.17, 15) is 21.6 Å². The van der Waals surface area contributed by atoms with Crippen LogP contribution in [0.2, 0.25) is 0 Å². The second-order valence-corrected chi connectivity index (χ2v) is 14.3. The van der Waals surface area contributed by atoms with E-state index in [4.69, 9.17) is 0 Å². The Labute approximate surface area is 213 Å². The van der Waals surface area contributed by atoms with Gasteiger partial charge in [0.2, 0.25) is 20.0 Å². The number of allylic oxidation sites excluding steroid dienone is 1. The highest BCUT2D eigenvalue weighted by Gasteiger charge is 2.46. The van der Waals surface area contributed by atoms with Gasteiger partial charge in [-0.3, -0.25) is 9.52 Å². The van der Waals surface area contributed by atoms with E-state index in [1.165, 1.54) is 17.7 Å². The molecular formula is C26H33N3O5S2. The molecular weight excluding hydrogens is 498 g/mol. The average Bonchev–Trinajstić information content (AvgIpc) is 3.06. The van der Waals surface area contributed by atoms with E-state index in [-0.39, 0.29) is 21.8 Å². The van der Waals surface area contributed by atoms with Crippen LogP contribution in [0.5, 0.6) is 0 Å². The van der Waals surface area contributed by atoms with Gasteiger partial charge in [0.25, 0.3) is 5.91 Å². The quantitative estimate of drug-likeness (QED) is 0.563. The Kier molecular flexibility index (Phi) is 6.60. The number of benzene rings is 2. The Balaban J connectivity index is 1.73. The van der Waals surface area contributed by atoms with E-state index >= 15 is 0 Å². The van der Waals surface area contributed by atoms with Crippen molar-refractivity contribution in [2.45, 2.75) is 62.3 Å². The summed E-state index contributed by atoms with van der Waals surface area (Å²) in [7, 11) is -7.27. The largest absolute Gasteiger partial charge is 0.307 e. The molecule has 0 atom stereocenters. The van der Waals surface area contributed by atoms with Crippen LogP contribution in [0.1, 0.15) is 62.4 Å². The predicted octanol–water partition coefficient (Wildman–Crippen LogP) is 4.16. The zero-order chi connectivity index (χ0) is 26.5. The van der Waals surface area contributed by atoms with Gasteiger partial charge in [-0.05, 0) is 88.4 Å². The molecule has 2 aliphatic rings. The minimum Gasteiger partial charge on any atom is -0.307 e. The molecule has 0 bridgehead atoms. The standard InChI is InChI=1S/C26H33N3O5S2/c1-18-11-13-26(14-12-18)17-29(23-10-9-20(16-22(23)26)27-35(5,31)32)24(30)19-7-6-8-21(15-19)36(33,34)28-25(2,3)4/h6-10,15-16,27-28H,1,11-14,17H2,2-5H3. The molecule has 1 spiro atoms. The molecule has 36 heavy (non-hydrogen) atoms. The summed E-state index contributed by atoms with van der Waals surface area (Å²) in [6.07, 6.45) is 4.37. The number of rotatable bonds is 5. The number of nitrogens with zero attached hydrogens (tertiary/aromatic N) is 1. The zero-order valence-corrected chi connectivity index (χ0v) is 22.7. The number of carbonyl (C=O) groups is 1. The maximum absolute atomic E-state index is 13.8. The van der Waals surface area contributed by atoms with Crippen LogP contribution >= 0.6 is 0 Å². The van der Waals surface area contributed by atoms with E-state index in [1.54, 1.807) is 49.9 Å². The van der Waals surface area contributed by atoms with Gasteiger partial charge in [-0.25, -0.2) is 21.6 Å². The molecule has 10 heteroatoms. The molecule has 0 aromatic heterocycles. The van der Waals surface area contributed by atoms with Crippen LogP contribution in [-0.2, 0) is 25.5 Å². The minimum atomic E-state index is -3.81. The van der Waals surface area contributed by atoms with Gasteiger partial charge in [0.05, 0.1) is 11.2 Å². The maximum Gasteiger partial charge on any atom is 0.258 e. The van der Waals surface area contributed by atoms with Crippen molar-refractivity contribution in [1.82, 2.24) is 4.72 Å². The molecule has 1 heterocycles. The predicted molar refractivity (Wildman–Crippen MR) is 142 cm³/mol. The molecule has 2 aromatic carbocycles. The van der Waals surface area contributed by atoms with Crippen molar-refractivity contribution >= 4 is 37.3 Å². The van der Waals surface area contributed by atoms with Crippen LogP contribution in [0.25, 0.3) is 0 Å². The Morgan fingerprint density at radius 2 is 1.69 bits per heavy atom. The number of nitrogens with one attached hydrogen (secondary N) is 2. The summed E-state index contributed by atoms with van der Waals surface area (Å²) in [5.41, 5.74) is 2.55. The third kappa shape index (κ3) is 5.50. The fourth-order valence-corrected chi connectivity index (χ4v) is 7.07. The van der Waals surface area contributed by atoms with Gasteiger partial charge in [-0.2, -0.15) is 0 Å². The second-order valence-electron chi connectivity index (χ2n) is 10.9. The van der Waals surface area contributed by atoms with Gasteiger partial charge in [0.15, 0.2) is 0 Å². The molecule has 0 unspecified atom stereocenters. The summed E-state index contributed by atoms with van der Waals surface area (Å²) in [5.74, 6) is -0.297. The van der Waals surface area contributed by atoms with E-state index in [0.29, 0.717) is 17.9 Å². The Morgan fingerprint density at radius 3 is 2.31 bits per heavy atom. The SMILES string of the molecule is C=C1CCC2(CC1)CN(C(=O)c1cccc(S(=O)(=O)NC(C)(C)C)c1)c1ccc(NS(C)(=O)=O)cc12. The van der Waals surface area contributed by atoms with E-state index in [1.807, 2.05) is 6.07 Å². The minimum absolute atomic E-state index is 0.0269. The van der Waals surface area contributed by atoms with Crippen LogP contribution in [0.3, 0.4) is 0 Å². The van der Waals surface area contributed by atoms with Crippen LogP contribution in [0.4, 0.5) is 11.4 Å². The van der Waals surface area contributed by atoms with Crippen molar-refractivity contribution in [2.24, 2.45) is 0 Å². The highest BCUT2D eigenvalue weighted by atomic mass is 32.2. The first-order chi connectivity index (χ1) is 16.6. The number of carbonyl (C=O) groups excluding carboxylic acids is 1. The molecule has 1 aliphatic heterocycles. The highest BCUT2D eigenvalue weighted by Crippen LogP contribution is 2.51. The lowest BCUT2D eigenvalue weighted by Gasteiger charge is -2.35. The summed E-state index contributed by atoms with van der Waals surface area (Å²) >= 11 is 0. The van der Waals surface area contributed by atoms with Gasteiger partial charge in [-0.15, -0.1) is 0 Å². The monoisotopic (exact) mass is 531 g/mol. The summed E-state index contributed by atoms with van der Waals surface area (Å²) < 4.78 is 54.5. The van der Waals surface area contributed by atoms with Crippen molar-refractivity contribution in [3.63, 3.8) is 0 Å². The summed E-state index contributed by atoms with van der Waals surface area (Å²) in [6, 6.07) is 11.3. The van der Waals surface area contributed by atoms with Crippen LogP contribution in [0, 0.1) is 0 Å². The highest BCUT2D eigenvalue weighted by molar-refractivity contribution is 7.92. The molecule has 8 nitrogen and oxygen atoms in total. The van der Waals surface area contributed by atoms with Crippen LogP contribution in [0.15, 0.2) is 59.5 Å². The van der Waals surface area contributed by atoms with Crippen molar-refractivity contribution in [1.29, 1.82) is 0 Å². The number of hydrogen-bond donors (Lipinski definition) is 2. The summed E-state index contributed by atoms with van der Waals surface area (Å²) in [6.45, 7) is 9.82. The van der Waals surface area contributed by atoms with Crippen LogP contribution in [-0.4, -0.2) is 41.1 Å². The first-order valence-corrected chi connectivity index (χ1v) is 15.2. The van der Waals surface area contributed by atoms with Crippen LogP contribution < -0.4 is 14.3 Å². The molecule has 4 rings (SSSR count). The lowest BCUT2D eigenvalue weighted by Crippen LogP contribution is -2.40. The average molecular weight is 532 g/mol. The molecule has 0 radical (unpaired) electrons. The van der Waals surface area contributed by atoms with Gasteiger partial charge >= 0.3 is 0 Å². The van der Waals surface area contributed by atoms with Crippen molar-refractivity contribution in [2.75, 3.05) is 22.4 Å². The van der Waals surface area contributed by atoms with Gasteiger partial charge in [0.1, 0.15) is 0 Å². The lowest BCUT2D eigenvalue weighted by molar-refractivity contribution is 0.0983. The van der Waals surface area contributed by atoms with E-state index in [2.05, 4.69) is 16.0 Å². The fraction of sp³-hybridized carbons (Fsp3) is 0.423. The summed E-state index contributed by atoms with van der Waals surface area (Å²) in [4.78, 5) is 15.5. The Hall–Kier alpha value is -2.69. The second kappa shape index (κ2) is 9.00. The normalized spacial score (nSPS) is 17.8. The number of hydrogen-bond acceptors (Lipinski definition) is 5. The number of sulfonamides is 2. The van der Waals surface area contributed by atoms with Gasteiger partial charge < -0.3 is 4.90 Å². The zero-order valence-electron chi connectivity index (χ0n) is 21.1. The van der Waals surface area contributed by atoms with E-state index < -0.39 is 25.6 Å². The molecule has 1 saturated carbocycles. The molecule has 1 amide bonds. The molecule has 2 aromatic rings. The topological polar surface area (TPSA) is 113 Å². The molecule has 0 saturated heterocycles. The molecule has 2 N–H and O–H groups in total. The number of fused-ring (bicyclic) bond motifs is 2. The van der Waals surface area contributed by atoms with Crippen molar-refractivity contribution in [3.8, 4) is 0 Å². The first-order valence-electron chi connectivity index (χ1n) is 11.8. The molecule has 1 fully saturated rings. The molecule has 1 aliphatic carbocycles. The smallest absolute Gasteiger partial charge is 0.258 e. The first kappa shape index (κ1) is 26.4. The summed E-state index contributed by atoms with van der Waals surface area (Å²) in [5, 5.41) is 0.